The number of hydrogen-bond acceptors (Lipinski definition) is 3. The van der Waals surface area contributed by atoms with Crippen molar-refractivity contribution in [3.8, 4) is 0 Å². The van der Waals surface area contributed by atoms with Crippen molar-refractivity contribution in [3.05, 3.63) is 35.9 Å². The minimum atomic E-state index is -4.50. The summed E-state index contributed by atoms with van der Waals surface area (Å²) in [5, 5.41) is 0. The summed E-state index contributed by atoms with van der Waals surface area (Å²) in [6.07, 6.45) is -4.50. The fourth-order valence-electron chi connectivity index (χ4n) is 1.06. The van der Waals surface area contributed by atoms with E-state index >= 15 is 0 Å². The van der Waals surface area contributed by atoms with Crippen LogP contribution in [0.5, 0.6) is 0 Å². The van der Waals surface area contributed by atoms with Gasteiger partial charge in [-0.3, -0.25) is 9.63 Å². The molecule has 0 aliphatic rings. The first-order valence-electron chi connectivity index (χ1n) is 4.69. The van der Waals surface area contributed by atoms with Gasteiger partial charge in [0.1, 0.15) is 6.04 Å². The highest BCUT2D eigenvalue weighted by Gasteiger charge is 2.28. The zero-order chi connectivity index (χ0) is 12.9. The second-order valence-corrected chi connectivity index (χ2v) is 3.26. The smallest absolute Gasteiger partial charge is 0.316 e. The van der Waals surface area contributed by atoms with Crippen molar-refractivity contribution in [1.29, 1.82) is 0 Å². The van der Waals surface area contributed by atoms with Gasteiger partial charge in [0.15, 0.2) is 6.61 Å². The van der Waals surface area contributed by atoms with Gasteiger partial charge in [0.25, 0.3) is 5.91 Å². The number of alkyl halides is 3. The van der Waals surface area contributed by atoms with E-state index in [1.807, 2.05) is 0 Å². The van der Waals surface area contributed by atoms with E-state index in [0.29, 0.717) is 5.56 Å². The molecular formula is C10H11F3N2O2. The predicted molar refractivity (Wildman–Crippen MR) is 53.5 cm³/mol. The third kappa shape index (κ3) is 4.83. The van der Waals surface area contributed by atoms with Crippen LogP contribution in [0.15, 0.2) is 30.3 Å². The highest BCUT2D eigenvalue weighted by molar-refractivity contribution is 5.81. The summed E-state index contributed by atoms with van der Waals surface area (Å²) < 4.78 is 35.2. The molecule has 0 aliphatic heterocycles. The van der Waals surface area contributed by atoms with Crippen molar-refractivity contribution >= 4 is 5.91 Å². The first-order chi connectivity index (χ1) is 7.90. The van der Waals surface area contributed by atoms with E-state index in [4.69, 9.17) is 5.73 Å². The third-order valence-electron chi connectivity index (χ3n) is 1.85. The minimum absolute atomic E-state index is 0.487. The maximum Gasteiger partial charge on any atom is 0.414 e. The summed E-state index contributed by atoms with van der Waals surface area (Å²) in [6.45, 7) is -1.56. The molecule has 1 amide bonds. The molecule has 0 fully saturated rings. The van der Waals surface area contributed by atoms with Crippen molar-refractivity contribution in [1.82, 2.24) is 5.48 Å². The number of nitrogens with one attached hydrogen (secondary N) is 1. The standard InChI is InChI=1S/C10H11F3N2O2/c11-10(12,13)6-17-15-9(16)8(14)7-4-2-1-3-5-7/h1-5,8H,6,14H2,(H,15,16)/t8-/m0/s1. The lowest BCUT2D eigenvalue weighted by Crippen LogP contribution is -2.36. The summed E-state index contributed by atoms with van der Waals surface area (Å²) in [4.78, 5) is 15.3. The van der Waals surface area contributed by atoms with Crippen LogP contribution >= 0.6 is 0 Å². The van der Waals surface area contributed by atoms with Gasteiger partial charge < -0.3 is 5.73 Å². The van der Waals surface area contributed by atoms with Crippen LogP contribution in [-0.4, -0.2) is 18.7 Å². The van der Waals surface area contributed by atoms with Crippen LogP contribution in [0.1, 0.15) is 11.6 Å². The number of amides is 1. The number of rotatable bonds is 4. The number of hydroxylamine groups is 1. The van der Waals surface area contributed by atoms with Crippen molar-refractivity contribution in [2.45, 2.75) is 12.2 Å². The first-order valence-corrected chi connectivity index (χ1v) is 4.69. The molecule has 1 atom stereocenters. The molecule has 0 unspecified atom stereocenters. The Kier molecular flexibility index (Phi) is 4.47. The molecule has 0 aliphatic carbocycles. The van der Waals surface area contributed by atoms with E-state index in [-0.39, 0.29) is 0 Å². The molecule has 3 N–H and O–H groups in total. The molecule has 7 heteroatoms. The average molecular weight is 248 g/mol. The normalized spacial score (nSPS) is 13.2. The van der Waals surface area contributed by atoms with Gasteiger partial charge in [0, 0.05) is 0 Å². The lowest BCUT2D eigenvalue weighted by atomic mass is 10.1. The average Bonchev–Trinajstić information content (AvgIpc) is 2.27. The fourth-order valence-corrected chi connectivity index (χ4v) is 1.06. The number of carbonyl (C=O) groups is 1. The van der Waals surface area contributed by atoms with Crippen LogP contribution in [-0.2, 0) is 9.63 Å². The lowest BCUT2D eigenvalue weighted by Gasteiger charge is -2.13. The molecule has 1 rings (SSSR count). The summed E-state index contributed by atoms with van der Waals surface area (Å²) in [7, 11) is 0. The van der Waals surface area contributed by atoms with Crippen LogP contribution in [0, 0.1) is 0 Å². The Morgan fingerprint density at radius 1 is 1.35 bits per heavy atom. The summed E-state index contributed by atoms with van der Waals surface area (Å²) >= 11 is 0. The van der Waals surface area contributed by atoms with Gasteiger partial charge in [-0.25, -0.2) is 5.48 Å². The second kappa shape index (κ2) is 5.65. The molecule has 94 valence electrons. The summed E-state index contributed by atoms with van der Waals surface area (Å²) in [6, 6.07) is 7.18. The minimum Gasteiger partial charge on any atom is -0.316 e. The molecule has 0 spiro atoms. The molecule has 0 aromatic heterocycles. The van der Waals surface area contributed by atoms with Crippen LogP contribution in [0.2, 0.25) is 0 Å². The van der Waals surface area contributed by atoms with Crippen LogP contribution < -0.4 is 11.2 Å². The quantitative estimate of drug-likeness (QED) is 0.789. The van der Waals surface area contributed by atoms with E-state index < -0.39 is 24.7 Å². The lowest BCUT2D eigenvalue weighted by molar-refractivity contribution is -0.192. The highest BCUT2D eigenvalue weighted by Crippen LogP contribution is 2.14. The molecule has 1 aromatic rings. The molecule has 0 heterocycles. The Morgan fingerprint density at radius 3 is 2.47 bits per heavy atom. The molecule has 0 saturated heterocycles. The van der Waals surface area contributed by atoms with Gasteiger partial charge in [0.05, 0.1) is 0 Å². The topological polar surface area (TPSA) is 64.4 Å². The van der Waals surface area contributed by atoms with Crippen LogP contribution in [0.3, 0.4) is 0 Å². The predicted octanol–water partition coefficient (Wildman–Crippen LogP) is 1.30. The Hall–Kier alpha value is -1.60. The number of benzene rings is 1. The molecule has 4 nitrogen and oxygen atoms in total. The SMILES string of the molecule is N[C@H](C(=O)NOCC(F)(F)F)c1ccccc1. The maximum atomic E-state index is 11.7. The number of hydrogen-bond donors (Lipinski definition) is 2. The maximum absolute atomic E-state index is 11.7. The molecule has 0 radical (unpaired) electrons. The van der Waals surface area contributed by atoms with Crippen LogP contribution in [0.25, 0.3) is 0 Å². The van der Waals surface area contributed by atoms with Gasteiger partial charge in [-0.15, -0.1) is 0 Å². The zero-order valence-electron chi connectivity index (χ0n) is 8.70. The zero-order valence-corrected chi connectivity index (χ0v) is 8.70. The molecular weight excluding hydrogens is 237 g/mol. The monoisotopic (exact) mass is 248 g/mol. The largest absolute Gasteiger partial charge is 0.414 e. The van der Waals surface area contributed by atoms with Crippen molar-refractivity contribution in [2.75, 3.05) is 6.61 Å². The number of nitrogens with two attached hydrogens (primary N) is 1. The Balaban J connectivity index is 2.43. The Labute approximate surface area is 95.5 Å². The van der Waals surface area contributed by atoms with E-state index in [1.165, 1.54) is 0 Å². The van der Waals surface area contributed by atoms with Crippen molar-refractivity contribution < 1.29 is 22.8 Å². The molecule has 0 saturated carbocycles. The second-order valence-electron chi connectivity index (χ2n) is 3.26. The third-order valence-corrected chi connectivity index (χ3v) is 1.85. The summed E-state index contributed by atoms with van der Waals surface area (Å²) in [5.74, 6) is -0.833. The number of carbonyl (C=O) groups excluding carboxylic acids is 1. The van der Waals surface area contributed by atoms with Gasteiger partial charge in [-0.2, -0.15) is 13.2 Å². The van der Waals surface area contributed by atoms with E-state index in [9.17, 15) is 18.0 Å². The van der Waals surface area contributed by atoms with Gasteiger partial charge in [-0.1, -0.05) is 30.3 Å². The van der Waals surface area contributed by atoms with E-state index in [0.717, 1.165) is 0 Å². The van der Waals surface area contributed by atoms with Crippen molar-refractivity contribution in [3.63, 3.8) is 0 Å². The highest BCUT2D eigenvalue weighted by atomic mass is 19.4. The molecule has 17 heavy (non-hydrogen) atoms. The van der Waals surface area contributed by atoms with Crippen molar-refractivity contribution in [2.24, 2.45) is 5.73 Å². The van der Waals surface area contributed by atoms with Gasteiger partial charge in [0.2, 0.25) is 0 Å². The van der Waals surface area contributed by atoms with E-state index in [1.54, 1.807) is 35.8 Å². The molecule has 0 bridgehead atoms. The van der Waals surface area contributed by atoms with Crippen LogP contribution in [0.4, 0.5) is 13.2 Å². The van der Waals surface area contributed by atoms with Gasteiger partial charge in [-0.05, 0) is 5.56 Å². The Bertz CT molecular complexity index is 368. The number of halogens is 3. The molecule has 1 aromatic carbocycles. The fraction of sp³-hybridized carbons (Fsp3) is 0.300. The summed E-state index contributed by atoms with van der Waals surface area (Å²) in [5.41, 5.74) is 7.66. The Morgan fingerprint density at radius 2 is 1.94 bits per heavy atom. The van der Waals surface area contributed by atoms with E-state index in [2.05, 4.69) is 4.84 Å². The first kappa shape index (κ1) is 13.5. The van der Waals surface area contributed by atoms with Gasteiger partial charge >= 0.3 is 6.18 Å².